The van der Waals surface area contributed by atoms with Crippen molar-refractivity contribution in [3.63, 3.8) is 0 Å². The summed E-state index contributed by atoms with van der Waals surface area (Å²) in [7, 11) is 0. The van der Waals surface area contributed by atoms with Gasteiger partial charge in [0.25, 0.3) is 5.91 Å². The van der Waals surface area contributed by atoms with Crippen molar-refractivity contribution >= 4 is 23.3 Å². The van der Waals surface area contributed by atoms with E-state index in [-0.39, 0.29) is 11.4 Å². The van der Waals surface area contributed by atoms with E-state index in [0.29, 0.717) is 5.69 Å². The second-order valence-electron chi connectivity index (χ2n) is 6.55. The van der Waals surface area contributed by atoms with Crippen LogP contribution in [0.1, 0.15) is 6.92 Å². The Bertz CT molecular complexity index is 1080. The van der Waals surface area contributed by atoms with E-state index < -0.39 is 29.5 Å². The molecule has 0 radical (unpaired) electrons. The van der Waals surface area contributed by atoms with Crippen LogP contribution in [0.15, 0.2) is 78.9 Å². The number of ether oxygens (including phenoxy) is 2. The zero-order valence-electron chi connectivity index (χ0n) is 16.7. The molecule has 0 saturated carbocycles. The fourth-order valence-electron chi connectivity index (χ4n) is 2.85. The first-order valence-electron chi connectivity index (χ1n) is 9.46. The first-order chi connectivity index (χ1) is 15.0. The number of esters is 1. The summed E-state index contributed by atoms with van der Waals surface area (Å²) in [4.78, 5) is 35.0. The summed E-state index contributed by atoms with van der Waals surface area (Å²) < 4.78 is 10.3. The number of hydrogen-bond donors (Lipinski definition) is 1. The van der Waals surface area contributed by atoms with Gasteiger partial charge >= 0.3 is 11.7 Å². The minimum atomic E-state index is -1.09. The van der Waals surface area contributed by atoms with E-state index in [4.69, 9.17) is 9.47 Å². The van der Waals surface area contributed by atoms with E-state index in [1.807, 2.05) is 42.5 Å². The number of nitrogens with one attached hydrogen (secondary N) is 1. The van der Waals surface area contributed by atoms with Gasteiger partial charge in [0.15, 0.2) is 18.5 Å². The molecule has 0 heterocycles. The summed E-state index contributed by atoms with van der Waals surface area (Å²) in [6.07, 6.45) is -1.09. The van der Waals surface area contributed by atoms with Crippen LogP contribution in [0.4, 0.5) is 11.4 Å². The molecule has 8 nitrogen and oxygen atoms in total. The van der Waals surface area contributed by atoms with Crippen molar-refractivity contribution in [3.8, 4) is 16.9 Å². The molecule has 31 heavy (non-hydrogen) atoms. The van der Waals surface area contributed by atoms with Crippen LogP contribution >= 0.6 is 0 Å². The Morgan fingerprint density at radius 1 is 0.968 bits per heavy atom. The highest BCUT2D eigenvalue weighted by atomic mass is 16.6. The minimum Gasteiger partial charge on any atom is -0.475 e. The zero-order valence-corrected chi connectivity index (χ0v) is 16.7. The number of carbonyl (C=O) groups is 2. The lowest BCUT2D eigenvalue weighted by atomic mass is 10.0. The summed E-state index contributed by atoms with van der Waals surface area (Å²) in [5.74, 6) is -1.39. The van der Waals surface area contributed by atoms with E-state index >= 15 is 0 Å². The van der Waals surface area contributed by atoms with Crippen LogP contribution in [-0.2, 0) is 14.3 Å². The molecule has 1 atom stereocenters. The predicted molar refractivity (Wildman–Crippen MR) is 115 cm³/mol. The highest BCUT2D eigenvalue weighted by Gasteiger charge is 2.21. The number of nitrogens with zero attached hydrogens (tertiary/aromatic N) is 1. The molecule has 3 aromatic rings. The highest BCUT2D eigenvalue weighted by Crippen LogP contribution is 2.28. The maximum absolute atomic E-state index is 12.5. The molecule has 0 fully saturated rings. The molecule has 0 aliphatic heterocycles. The number of benzene rings is 3. The van der Waals surface area contributed by atoms with Gasteiger partial charge in [0.2, 0.25) is 0 Å². The lowest BCUT2D eigenvalue weighted by molar-refractivity contribution is -0.385. The average molecular weight is 420 g/mol. The third kappa shape index (κ3) is 5.66. The Balaban J connectivity index is 1.59. The molecule has 8 heteroatoms. The van der Waals surface area contributed by atoms with Gasteiger partial charge in [-0.1, -0.05) is 60.7 Å². The quantitative estimate of drug-likeness (QED) is 0.332. The minimum absolute atomic E-state index is 0.0571. The van der Waals surface area contributed by atoms with Crippen LogP contribution < -0.4 is 10.1 Å². The SMILES string of the molecule is CC(OC(=O)COc1ccccc1[N+](=O)[O-])C(=O)Nc1ccccc1-c1ccccc1. The summed E-state index contributed by atoms with van der Waals surface area (Å²) in [6, 6.07) is 22.5. The molecule has 0 saturated heterocycles. The standard InChI is InChI=1S/C23H20N2O6/c1-16(31-22(26)15-30-21-14-8-7-13-20(21)25(28)29)23(27)24-19-12-6-5-11-18(19)17-9-3-2-4-10-17/h2-14,16H,15H2,1H3,(H,24,27). The fourth-order valence-corrected chi connectivity index (χ4v) is 2.85. The van der Waals surface area contributed by atoms with E-state index in [0.717, 1.165) is 11.1 Å². The molecule has 0 spiro atoms. The summed E-state index contributed by atoms with van der Waals surface area (Å²) in [6.45, 7) is 0.867. The normalized spacial score (nSPS) is 11.3. The highest BCUT2D eigenvalue weighted by molar-refractivity contribution is 5.98. The van der Waals surface area contributed by atoms with Crippen LogP contribution in [0.5, 0.6) is 5.75 Å². The summed E-state index contributed by atoms with van der Waals surface area (Å²) >= 11 is 0. The third-order valence-electron chi connectivity index (χ3n) is 4.35. The number of nitro groups is 1. The van der Waals surface area contributed by atoms with Gasteiger partial charge in [0.1, 0.15) is 0 Å². The second kappa shape index (κ2) is 10.0. The Morgan fingerprint density at radius 3 is 2.35 bits per heavy atom. The molecule has 3 aromatic carbocycles. The zero-order chi connectivity index (χ0) is 22.2. The Hall–Kier alpha value is -4.20. The first kappa shape index (κ1) is 21.5. The van der Waals surface area contributed by atoms with Gasteiger partial charge in [0, 0.05) is 17.3 Å². The molecular weight excluding hydrogens is 400 g/mol. The van der Waals surface area contributed by atoms with E-state index in [1.54, 1.807) is 18.2 Å². The smallest absolute Gasteiger partial charge is 0.344 e. The van der Waals surface area contributed by atoms with Crippen molar-refractivity contribution in [1.29, 1.82) is 0 Å². The number of carbonyl (C=O) groups excluding carboxylic acids is 2. The topological polar surface area (TPSA) is 108 Å². The van der Waals surface area contributed by atoms with Crippen molar-refractivity contribution in [1.82, 2.24) is 0 Å². The Morgan fingerprint density at radius 2 is 1.61 bits per heavy atom. The number of anilines is 1. The Labute approximate surface area is 178 Å². The number of hydrogen-bond acceptors (Lipinski definition) is 6. The second-order valence-corrected chi connectivity index (χ2v) is 6.55. The first-order valence-corrected chi connectivity index (χ1v) is 9.46. The number of rotatable bonds is 8. The van der Waals surface area contributed by atoms with Crippen molar-refractivity contribution in [2.45, 2.75) is 13.0 Å². The molecule has 1 amide bonds. The summed E-state index contributed by atoms with van der Waals surface area (Å²) in [5, 5.41) is 13.8. The van der Waals surface area contributed by atoms with Crippen molar-refractivity contribution in [2.24, 2.45) is 0 Å². The van der Waals surface area contributed by atoms with E-state index in [9.17, 15) is 19.7 Å². The van der Waals surface area contributed by atoms with Gasteiger partial charge in [-0.05, 0) is 24.6 Å². The van der Waals surface area contributed by atoms with Crippen LogP contribution in [0.25, 0.3) is 11.1 Å². The average Bonchev–Trinajstić information content (AvgIpc) is 2.78. The van der Waals surface area contributed by atoms with Gasteiger partial charge in [0.05, 0.1) is 4.92 Å². The molecule has 1 N–H and O–H groups in total. The predicted octanol–water partition coefficient (Wildman–Crippen LogP) is 4.21. The van der Waals surface area contributed by atoms with Gasteiger partial charge in [-0.3, -0.25) is 14.9 Å². The molecule has 3 rings (SSSR count). The summed E-state index contributed by atoms with van der Waals surface area (Å²) in [5.41, 5.74) is 2.08. The van der Waals surface area contributed by atoms with E-state index in [2.05, 4.69) is 5.32 Å². The molecular formula is C23H20N2O6. The van der Waals surface area contributed by atoms with Gasteiger partial charge < -0.3 is 14.8 Å². The van der Waals surface area contributed by atoms with Crippen LogP contribution in [0.2, 0.25) is 0 Å². The van der Waals surface area contributed by atoms with Gasteiger partial charge in [-0.15, -0.1) is 0 Å². The van der Waals surface area contributed by atoms with Gasteiger partial charge in [-0.2, -0.15) is 0 Å². The molecule has 0 aromatic heterocycles. The van der Waals surface area contributed by atoms with Gasteiger partial charge in [-0.25, -0.2) is 4.79 Å². The Kier molecular flexibility index (Phi) is 6.95. The van der Waals surface area contributed by atoms with Crippen molar-refractivity contribution in [2.75, 3.05) is 11.9 Å². The number of para-hydroxylation sites is 3. The lowest BCUT2D eigenvalue weighted by Crippen LogP contribution is -2.31. The molecule has 158 valence electrons. The number of amides is 1. The maximum atomic E-state index is 12.5. The lowest BCUT2D eigenvalue weighted by Gasteiger charge is -2.16. The van der Waals surface area contributed by atoms with Crippen LogP contribution in [0.3, 0.4) is 0 Å². The van der Waals surface area contributed by atoms with Crippen LogP contribution in [0, 0.1) is 10.1 Å². The molecule has 1 unspecified atom stereocenters. The molecule has 0 aliphatic rings. The van der Waals surface area contributed by atoms with Crippen LogP contribution in [-0.4, -0.2) is 29.5 Å². The van der Waals surface area contributed by atoms with E-state index in [1.165, 1.54) is 25.1 Å². The maximum Gasteiger partial charge on any atom is 0.344 e. The number of nitro benzene ring substituents is 1. The molecule has 0 aliphatic carbocycles. The third-order valence-corrected chi connectivity index (χ3v) is 4.35. The van der Waals surface area contributed by atoms with Crippen molar-refractivity contribution in [3.05, 3.63) is 89.0 Å². The fraction of sp³-hybridized carbons (Fsp3) is 0.130. The molecule has 0 bridgehead atoms. The monoisotopic (exact) mass is 420 g/mol. The largest absolute Gasteiger partial charge is 0.475 e. The van der Waals surface area contributed by atoms with Crippen molar-refractivity contribution < 1.29 is 24.0 Å².